The Morgan fingerprint density at radius 2 is 1.97 bits per heavy atom. The maximum absolute atomic E-state index is 14.4. The molecule has 1 heterocycles. The van der Waals surface area contributed by atoms with Gasteiger partial charge in [0.25, 0.3) is 0 Å². The molecule has 0 aromatic heterocycles. The lowest BCUT2D eigenvalue weighted by atomic mass is 9.85. The van der Waals surface area contributed by atoms with E-state index in [0.717, 1.165) is 18.1 Å². The molecule has 7 heteroatoms. The summed E-state index contributed by atoms with van der Waals surface area (Å²) in [6.07, 6.45) is 4.62. The molecule has 33 heavy (non-hydrogen) atoms. The highest BCUT2D eigenvalue weighted by Gasteiger charge is 2.51. The molecule has 1 aliphatic heterocycles. The van der Waals surface area contributed by atoms with Crippen LogP contribution in [0.3, 0.4) is 0 Å². The number of rotatable bonds is 5. The van der Waals surface area contributed by atoms with Crippen molar-refractivity contribution in [2.45, 2.75) is 55.8 Å². The molecule has 5 nitrogen and oxygen atoms in total. The molecule has 2 aromatic carbocycles. The minimum atomic E-state index is -1.02. The highest BCUT2D eigenvalue weighted by atomic mass is 19.1. The standard InChI is InChI=1S/C26H26F2O5/c27-16-4-7-19(20(28)12-16)26(9-10-26)24(30)8-6-17-18-5-3-14-1-2-15(25(31)32)11-22(14)33-23(18)13-21(17)29/h1-2,4,6-8,11-12,17-18,21,23-24,29-30H,3,5,9-10,13H2,(H,31,32)/b8-6+/t17-,18-,21-,23+,24?/m1/s1. The average molecular weight is 456 g/mol. The van der Waals surface area contributed by atoms with Gasteiger partial charge in [-0.25, -0.2) is 13.6 Å². The van der Waals surface area contributed by atoms with Crippen molar-refractivity contribution in [1.82, 2.24) is 0 Å². The van der Waals surface area contributed by atoms with Crippen molar-refractivity contribution in [3.63, 3.8) is 0 Å². The molecule has 2 saturated carbocycles. The quantitative estimate of drug-likeness (QED) is 0.592. The van der Waals surface area contributed by atoms with Gasteiger partial charge < -0.3 is 20.1 Å². The van der Waals surface area contributed by atoms with E-state index in [9.17, 15) is 28.9 Å². The summed E-state index contributed by atoms with van der Waals surface area (Å²) in [5, 5.41) is 30.9. The number of carbonyl (C=O) groups is 1. The number of fused-ring (bicyclic) bond motifs is 2. The molecular weight excluding hydrogens is 430 g/mol. The van der Waals surface area contributed by atoms with E-state index in [1.54, 1.807) is 18.2 Å². The normalized spacial score (nSPS) is 28.5. The van der Waals surface area contributed by atoms with E-state index in [2.05, 4.69) is 0 Å². The zero-order valence-electron chi connectivity index (χ0n) is 18.0. The number of carboxylic acid groups (broad SMARTS) is 1. The van der Waals surface area contributed by atoms with Gasteiger partial charge in [0, 0.05) is 29.7 Å². The number of halogens is 2. The maximum atomic E-state index is 14.4. The summed E-state index contributed by atoms with van der Waals surface area (Å²) < 4.78 is 33.8. The lowest BCUT2D eigenvalue weighted by Gasteiger charge is -2.23. The molecule has 0 radical (unpaired) electrons. The van der Waals surface area contributed by atoms with Gasteiger partial charge in [-0.1, -0.05) is 24.3 Å². The van der Waals surface area contributed by atoms with Crippen molar-refractivity contribution in [1.29, 1.82) is 0 Å². The number of aliphatic hydroxyl groups excluding tert-OH is 2. The van der Waals surface area contributed by atoms with Crippen LogP contribution >= 0.6 is 0 Å². The van der Waals surface area contributed by atoms with Crippen molar-refractivity contribution in [2.24, 2.45) is 11.8 Å². The Morgan fingerprint density at radius 1 is 1.18 bits per heavy atom. The average Bonchev–Trinajstić information content (AvgIpc) is 3.54. The number of carboxylic acids is 1. The lowest BCUT2D eigenvalue weighted by molar-refractivity contribution is 0.0695. The first kappa shape index (κ1) is 22.0. The van der Waals surface area contributed by atoms with Gasteiger partial charge in [-0.05, 0) is 55.0 Å². The largest absolute Gasteiger partial charge is 0.490 e. The molecule has 2 fully saturated rings. The van der Waals surface area contributed by atoms with Crippen LogP contribution in [0.2, 0.25) is 0 Å². The molecule has 2 aromatic rings. The van der Waals surface area contributed by atoms with Crippen LogP contribution in [0.25, 0.3) is 0 Å². The number of aryl methyl sites for hydroxylation is 1. The molecule has 3 aliphatic rings. The molecular formula is C26H26F2O5. The molecule has 2 aliphatic carbocycles. The number of hydrogen-bond acceptors (Lipinski definition) is 4. The maximum Gasteiger partial charge on any atom is 0.335 e. The summed E-state index contributed by atoms with van der Waals surface area (Å²) >= 11 is 0. The minimum Gasteiger partial charge on any atom is -0.490 e. The molecule has 0 bridgehead atoms. The molecule has 0 spiro atoms. The number of ether oxygens (including phenoxy) is 1. The van der Waals surface area contributed by atoms with Gasteiger partial charge in [-0.2, -0.15) is 0 Å². The number of hydrogen-bond donors (Lipinski definition) is 3. The molecule has 5 atom stereocenters. The molecule has 0 saturated heterocycles. The minimum absolute atomic E-state index is 0.00170. The van der Waals surface area contributed by atoms with Crippen LogP contribution in [0.15, 0.2) is 48.6 Å². The second-order valence-corrected chi connectivity index (χ2v) is 9.48. The van der Waals surface area contributed by atoms with Gasteiger partial charge in [0.2, 0.25) is 0 Å². The van der Waals surface area contributed by atoms with Crippen molar-refractivity contribution >= 4 is 5.97 Å². The Balaban J connectivity index is 1.34. The van der Waals surface area contributed by atoms with E-state index in [4.69, 9.17) is 4.74 Å². The van der Waals surface area contributed by atoms with Gasteiger partial charge in [-0.3, -0.25) is 0 Å². The monoisotopic (exact) mass is 456 g/mol. The zero-order valence-corrected chi connectivity index (χ0v) is 18.0. The van der Waals surface area contributed by atoms with Crippen molar-refractivity contribution in [3.05, 3.63) is 76.9 Å². The van der Waals surface area contributed by atoms with Gasteiger partial charge in [0.15, 0.2) is 0 Å². The van der Waals surface area contributed by atoms with E-state index in [1.165, 1.54) is 18.2 Å². The highest BCUT2D eigenvalue weighted by molar-refractivity contribution is 5.88. The fraction of sp³-hybridized carbons (Fsp3) is 0.423. The molecule has 174 valence electrons. The Kier molecular flexibility index (Phi) is 5.49. The molecule has 3 N–H and O–H groups in total. The summed E-state index contributed by atoms with van der Waals surface area (Å²) in [5.41, 5.74) is 0.650. The first-order valence-corrected chi connectivity index (χ1v) is 11.3. The van der Waals surface area contributed by atoms with Gasteiger partial charge in [-0.15, -0.1) is 0 Å². The first-order chi connectivity index (χ1) is 15.8. The fourth-order valence-corrected chi connectivity index (χ4v) is 5.55. The van der Waals surface area contributed by atoms with Crippen LogP contribution < -0.4 is 4.74 Å². The van der Waals surface area contributed by atoms with Crippen LogP contribution in [0.1, 0.15) is 47.2 Å². The lowest BCUT2D eigenvalue weighted by Crippen LogP contribution is -2.27. The molecule has 1 unspecified atom stereocenters. The van der Waals surface area contributed by atoms with Crippen LogP contribution in [0.4, 0.5) is 8.78 Å². The molecule has 0 amide bonds. The summed E-state index contributed by atoms with van der Waals surface area (Å²) in [7, 11) is 0. The second kappa shape index (κ2) is 8.22. The highest BCUT2D eigenvalue weighted by Crippen LogP contribution is 2.52. The number of aliphatic hydroxyl groups is 2. The third kappa shape index (κ3) is 3.93. The Hall–Kier alpha value is -2.77. The van der Waals surface area contributed by atoms with Crippen LogP contribution in [-0.4, -0.2) is 39.6 Å². The van der Waals surface area contributed by atoms with E-state index in [0.29, 0.717) is 37.0 Å². The summed E-state index contributed by atoms with van der Waals surface area (Å²) in [6.45, 7) is 0. The van der Waals surface area contributed by atoms with Gasteiger partial charge >= 0.3 is 5.97 Å². The third-order valence-corrected chi connectivity index (χ3v) is 7.57. The fourth-order valence-electron chi connectivity index (χ4n) is 5.55. The van der Waals surface area contributed by atoms with Crippen LogP contribution in [-0.2, 0) is 11.8 Å². The van der Waals surface area contributed by atoms with Gasteiger partial charge in [0.1, 0.15) is 23.5 Å². The first-order valence-electron chi connectivity index (χ1n) is 11.3. The van der Waals surface area contributed by atoms with E-state index in [1.807, 2.05) is 6.08 Å². The molecule has 5 rings (SSSR count). The van der Waals surface area contributed by atoms with E-state index in [-0.39, 0.29) is 23.5 Å². The Morgan fingerprint density at radius 3 is 2.67 bits per heavy atom. The van der Waals surface area contributed by atoms with E-state index < -0.39 is 35.2 Å². The second-order valence-electron chi connectivity index (χ2n) is 9.48. The van der Waals surface area contributed by atoms with Gasteiger partial charge in [0.05, 0.1) is 17.8 Å². The predicted molar refractivity (Wildman–Crippen MR) is 116 cm³/mol. The SMILES string of the molecule is O=C(O)c1ccc2c(c1)O[C@H]1C[C@@H](O)[C@H](/C=C/C(O)C3(c4ccc(F)cc4F)CC3)[C@H]1CC2. The van der Waals surface area contributed by atoms with Crippen molar-refractivity contribution in [2.75, 3.05) is 0 Å². The zero-order chi connectivity index (χ0) is 23.3. The topological polar surface area (TPSA) is 87.0 Å². The predicted octanol–water partition coefficient (Wildman–Crippen LogP) is 4.00. The number of aromatic carboxylic acids is 1. The smallest absolute Gasteiger partial charge is 0.335 e. The van der Waals surface area contributed by atoms with Crippen LogP contribution in [0, 0.1) is 23.5 Å². The summed E-state index contributed by atoms with van der Waals surface area (Å²) in [4.78, 5) is 11.3. The Bertz CT molecular complexity index is 1110. The van der Waals surface area contributed by atoms with Crippen LogP contribution in [0.5, 0.6) is 5.75 Å². The number of benzene rings is 2. The van der Waals surface area contributed by atoms with Crippen molar-refractivity contribution < 1.29 is 33.6 Å². The summed E-state index contributed by atoms with van der Waals surface area (Å²) in [6, 6.07) is 8.32. The Labute approximate surface area is 190 Å². The third-order valence-electron chi connectivity index (χ3n) is 7.57. The van der Waals surface area contributed by atoms with Crippen molar-refractivity contribution in [3.8, 4) is 5.75 Å². The summed E-state index contributed by atoms with van der Waals surface area (Å²) in [5.74, 6) is -2.02. The van der Waals surface area contributed by atoms with E-state index >= 15 is 0 Å².